The van der Waals surface area contributed by atoms with Crippen LogP contribution in [-0.4, -0.2) is 50.7 Å². The lowest BCUT2D eigenvalue weighted by Crippen LogP contribution is -2.70. The SMILES string of the molecule is C[C@]12CC[C@H](O)[C@](C)(COC(=O)C3CC3)C1C[C@H](O)[C@@]1(C)Oc3cc(-c4cccnc4)oc(=O)c3C(O)C21. The summed E-state index contributed by atoms with van der Waals surface area (Å²) in [6.45, 7) is 5.74. The number of carbonyl (C=O) groups is 1. The Morgan fingerprint density at radius 2 is 1.92 bits per heavy atom. The summed E-state index contributed by atoms with van der Waals surface area (Å²) in [7, 11) is 0. The lowest BCUT2D eigenvalue weighted by Gasteiger charge is -2.66. The second kappa shape index (κ2) is 8.63. The maximum absolute atomic E-state index is 13.2. The standard InChI is InChI=1S/C29H35NO8/c1-27-9-8-20(31)28(2,14-36-25(34)15-6-7-15)19(27)12-21(32)29(3)24(27)23(33)22-18(38-29)11-17(37-26(22)35)16-5-4-10-30-13-16/h4-5,10-11,13,15,19-21,23-24,31-33H,6-9,12,14H2,1-3H3/t19?,20-,21-,23?,24?,27-,28+,29+/m0/s1. The Bertz CT molecular complexity index is 1310. The summed E-state index contributed by atoms with van der Waals surface area (Å²) in [5.74, 6) is -0.842. The molecule has 3 unspecified atom stereocenters. The first-order valence-corrected chi connectivity index (χ1v) is 13.5. The molecule has 0 amide bonds. The maximum Gasteiger partial charge on any atom is 0.345 e. The second-order valence-corrected chi connectivity index (χ2v) is 12.4. The van der Waals surface area contributed by atoms with Crippen molar-refractivity contribution >= 4 is 5.97 Å². The Hall–Kier alpha value is -2.75. The second-order valence-electron chi connectivity index (χ2n) is 12.4. The van der Waals surface area contributed by atoms with Gasteiger partial charge in [-0.05, 0) is 62.5 Å². The van der Waals surface area contributed by atoms with Gasteiger partial charge in [0.25, 0.3) is 0 Å². The highest BCUT2D eigenvalue weighted by Gasteiger charge is 2.69. The van der Waals surface area contributed by atoms with E-state index in [1.54, 1.807) is 37.5 Å². The first-order valence-electron chi connectivity index (χ1n) is 13.5. The minimum Gasteiger partial charge on any atom is -0.484 e. The number of rotatable bonds is 4. The van der Waals surface area contributed by atoms with Crippen LogP contribution in [0.4, 0.5) is 0 Å². The fourth-order valence-corrected chi connectivity index (χ4v) is 7.72. The van der Waals surface area contributed by atoms with Crippen molar-refractivity contribution in [1.82, 2.24) is 4.98 Å². The third-order valence-corrected chi connectivity index (χ3v) is 10.0. The summed E-state index contributed by atoms with van der Waals surface area (Å²) in [6, 6.07) is 5.06. The molecular formula is C29H35NO8. The third kappa shape index (κ3) is 3.66. The zero-order valence-corrected chi connectivity index (χ0v) is 21.9. The molecule has 0 saturated heterocycles. The van der Waals surface area contributed by atoms with E-state index >= 15 is 0 Å². The van der Waals surface area contributed by atoms with E-state index < -0.39 is 46.3 Å². The van der Waals surface area contributed by atoms with Crippen LogP contribution in [-0.2, 0) is 9.53 Å². The molecule has 9 nitrogen and oxygen atoms in total. The minimum atomic E-state index is -1.26. The Morgan fingerprint density at radius 1 is 1.16 bits per heavy atom. The molecular weight excluding hydrogens is 490 g/mol. The molecule has 8 atom stereocenters. The van der Waals surface area contributed by atoms with Crippen molar-refractivity contribution in [3.05, 3.63) is 46.6 Å². The highest BCUT2D eigenvalue weighted by atomic mass is 16.5. The van der Waals surface area contributed by atoms with Crippen molar-refractivity contribution in [2.45, 2.75) is 76.8 Å². The zero-order chi connectivity index (χ0) is 27.0. The predicted molar refractivity (Wildman–Crippen MR) is 135 cm³/mol. The van der Waals surface area contributed by atoms with Gasteiger partial charge < -0.3 is 29.2 Å². The molecule has 3 N–H and O–H groups in total. The van der Waals surface area contributed by atoms with Gasteiger partial charge >= 0.3 is 11.6 Å². The van der Waals surface area contributed by atoms with Gasteiger partial charge in [0.15, 0.2) is 0 Å². The molecule has 1 aliphatic heterocycles. The summed E-state index contributed by atoms with van der Waals surface area (Å²) in [5.41, 5.74) is -2.76. The van der Waals surface area contributed by atoms with Crippen molar-refractivity contribution < 1.29 is 34.0 Å². The van der Waals surface area contributed by atoms with Gasteiger partial charge in [-0.1, -0.05) is 13.8 Å². The maximum atomic E-state index is 13.2. The number of carbonyl (C=O) groups excluding carboxylic acids is 1. The molecule has 2 aromatic rings. The number of pyridine rings is 1. The molecule has 204 valence electrons. The predicted octanol–water partition coefficient (Wildman–Crippen LogP) is 3.00. The van der Waals surface area contributed by atoms with E-state index in [1.165, 1.54) is 0 Å². The Balaban J connectivity index is 1.40. The largest absolute Gasteiger partial charge is 0.484 e. The van der Waals surface area contributed by atoms with Gasteiger partial charge in [0.05, 0.1) is 30.8 Å². The third-order valence-electron chi connectivity index (χ3n) is 10.0. The topological polar surface area (TPSA) is 139 Å². The van der Waals surface area contributed by atoms with Gasteiger partial charge in [-0.2, -0.15) is 0 Å². The number of aliphatic hydroxyl groups is 3. The average Bonchev–Trinajstić information content (AvgIpc) is 3.73. The highest BCUT2D eigenvalue weighted by Crippen LogP contribution is 2.66. The van der Waals surface area contributed by atoms with Crippen LogP contribution in [0.2, 0.25) is 0 Å². The summed E-state index contributed by atoms with van der Waals surface area (Å²) in [5, 5.41) is 34.5. The summed E-state index contributed by atoms with van der Waals surface area (Å²) in [4.78, 5) is 29.7. The Kier molecular flexibility index (Phi) is 5.79. The summed E-state index contributed by atoms with van der Waals surface area (Å²) in [6.07, 6.45) is 3.09. The van der Waals surface area contributed by atoms with Gasteiger partial charge in [0.1, 0.15) is 22.7 Å². The van der Waals surface area contributed by atoms with E-state index in [-0.39, 0.29) is 47.9 Å². The molecule has 4 aliphatic rings. The van der Waals surface area contributed by atoms with Crippen LogP contribution in [0.15, 0.2) is 39.8 Å². The number of esters is 1. The van der Waals surface area contributed by atoms with Crippen LogP contribution < -0.4 is 10.4 Å². The lowest BCUT2D eigenvalue weighted by atomic mass is 9.42. The number of aromatic nitrogens is 1. The fourth-order valence-electron chi connectivity index (χ4n) is 7.72. The van der Waals surface area contributed by atoms with E-state index in [1.807, 2.05) is 13.8 Å². The van der Waals surface area contributed by atoms with Crippen LogP contribution in [0.5, 0.6) is 5.75 Å². The highest BCUT2D eigenvalue weighted by molar-refractivity contribution is 5.74. The number of hydrogen-bond donors (Lipinski definition) is 3. The smallest absolute Gasteiger partial charge is 0.345 e. The lowest BCUT2D eigenvalue weighted by molar-refractivity contribution is -0.265. The number of hydrogen-bond acceptors (Lipinski definition) is 9. The van der Waals surface area contributed by atoms with Crippen LogP contribution in [0.3, 0.4) is 0 Å². The molecule has 0 bridgehead atoms. The molecule has 2 aromatic heterocycles. The van der Waals surface area contributed by atoms with Crippen LogP contribution in [0.1, 0.15) is 64.5 Å². The van der Waals surface area contributed by atoms with Gasteiger partial charge in [-0.25, -0.2) is 4.79 Å². The van der Waals surface area contributed by atoms with E-state index in [9.17, 15) is 24.9 Å². The first kappa shape index (κ1) is 25.5. The number of aliphatic hydroxyl groups excluding tert-OH is 3. The van der Waals surface area contributed by atoms with E-state index in [2.05, 4.69) is 4.98 Å². The van der Waals surface area contributed by atoms with Crippen LogP contribution >= 0.6 is 0 Å². The zero-order valence-electron chi connectivity index (χ0n) is 21.9. The number of nitrogens with zero attached hydrogens (tertiary/aromatic N) is 1. The Morgan fingerprint density at radius 3 is 2.61 bits per heavy atom. The quantitative estimate of drug-likeness (QED) is 0.514. The van der Waals surface area contributed by atoms with Crippen molar-refractivity contribution in [1.29, 1.82) is 0 Å². The average molecular weight is 526 g/mol. The van der Waals surface area contributed by atoms with Gasteiger partial charge in [0, 0.05) is 35.4 Å². The summed E-state index contributed by atoms with van der Waals surface area (Å²) >= 11 is 0. The normalized spacial score (nSPS) is 39.8. The molecule has 3 heterocycles. The molecule has 0 aromatic carbocycles. The number of fused-ring (bicyclic) bond motifs is 4. The molecule has 3 fully saturated rings. The fraction of sp³-hybridized carbons (Fsp3) is 0.621. The number of ether oxygens (including phenoxy) is 2. The van der Waals surface area contributed by atoms with Crippen LogP contribution in [0, 0.1) is 28.6 Å². The van der Waals surface area contributed by atoms with E-state index in [4.69, 9.17) is 13.9 Å². The van der Waals surface area contributed by atoms with E-state index in [0.29, 0.717) is 18.4 Å². The van der Waals surface area contributed by atoms with E-state index in [0.717, 1.165) is 12.8 Å². The van der Waals surface area contributed by atoms with Gasteiger partial charge in [-0.15, -0.1) is 0 Å². The van der Waals surface area contributed by atoms with Gasteiger partial charge in [-0.3, -0.25) is 9.78 Å². The van der Waals surface area contributed by atoms with Crippen molar-refractivity contribution in [2.75, 3.05) is 6.61 Å². The van der Waals surface area contributed by atoms with Crippen molar-refractivity contribution in [3.63, 3.8) is 0 Å². The molecule has 0 radical (unpaired) electrons. The molecule has 9 heteroatoms. The molecule has 3 aliphatic carbocycles. The minimum absolute atomic E-state index is 0.0298. The monoisotopic (exact) mass is 525 g/mol. The molecule has 38 heavy (non-hydrogen) atoms. The first-order chi connectivity index (χ1) is 18.0. The van der Waals surface area contributed by atoms with Crippen molar-refractivity contribution in [3.8, 4) is 17.1 Å². The molecule has 6 rings (SSSR count). The molecule has 3 saturated carbocycles. The summed E-state index contributed by atoms with van der Waals surface area (Å²) < 4.78 is 17.7. The Labute approximate surface area is 220 Å². The van der Waals surface area contributed by atoms with Crippen LogP contribution in [0.25, 0.3) is 11.3 Å². The van der Waals surface area contributed by atoms with Crippen molar-refractivity contribution in [2.24, 2.45) is 28.6 Å². The molecule has 0 spiro atoms. The van der Waals surface area contributed by atoms with Gasteiger partial charge in [0.2, 0.25) is 0 Å².